The second kappa shape index (κ2) is 11.5. The van der Waals surface area contributed by atoms with Gasteiger partial charge in [0.05, 0.1) is 25.4 Å². The molecule has 1 amide bonds. The predicted molar refractivity (Wildman–Crippen MR) is 151 cm³/mol. The summed E-state index contributed by atoms with van der Waals surface area (Å²) in [4.78, 5) is 27.3. The van der Waals surface area contributed by atoms with Crippen molar-refractivity contribution in [2.24, 2.45) is 13.0 Å². The molecule has 1 fully saturated rings. The summed E-state index contributed by atoms with van der Waals surface area (Å²) in [6, 6.07) is 22.6. The summed E-state index contributed by atoms with van der Waals surface area (Å²) in [6.07, 6.45) is 10.3. The van der Waals surface area contributed by atoms with E-state index in [1.807, 2.05) is 47.1 Å². The summed E-state index contributed by atoms with van der Waals surface area (Å²) in [7, 11) is 3.30. The number of carbonyl (C=O) groups excluding carboxylic acids is 2. The maximum Gasteiger partial charge on any atom is 0.330 e. The van der Waals surface area contributed by atoms with E-state index in [0.29, 0.717) is 6.54 Å². The average molecular weight is 508 g/mol. The van der Waals surface area contributed by atoms with Gasteiger partial charge in [-0.15, -0.1) is 0 Å². The Morgan fingerprint density at radius 2 is 1.76 bits per heavy atom. The molecule has 6 nitrogen and oxygen atoms in total. The average Bonchev–Trinajstić information content (AvgIpc) is 3.35. The largest absolute Gasteiger partial charge is 0.466 e. The molecule has 0 N–H and O–H groups in total. The Morgan fingerprint density at radius 1 is 1.00 bits per heavy atom. The van der Waals surface area contributed by atoms with E-state index in [2.05, 4.69) is 47.6 Å². The first-order chi connectivity index (χ1) is 18.5. The summed E-state index contributed by atoms with van der Waals surface area (Å²) < 4.78 is 6.59. The van der Waals surface area contributed by atoms with Gasteiger partial charge in [0.2, 0.25) is 5.91 Å². The first kappa shape index (κ1) is 25.5. The van der Waals surface area contributed by atoms with Crippen LogP contribution in [0.4, 0.5) is 5.69 Å². The fourth-order valence-corrected chi connectivity index (χ4v) is 5.22. The number of ether oxygens (including phenoxy) is 1. The normalized spacial score (nSPS) is 14.2. The molecule has 4 aromatic rings. The summed E-state index contributed by atoms with van der Waals surface area (Å²) in [5.74, 6) is -0.193. The van der Waals surface area contributed by atoms with Gasteiger partial charge in [0.25, 0.3) is 0 Å². The fourth-order valence-electron chi connectivity index (χ4n) is 5.22. The van der Waals surface area contributed by atoms with E-state index < -0.39 is 5.97 Å². The van der Waals surface area contributed by atoms with E-state index in [0.717, 1.165) is 64.5 Å². The number of hydrogen-bond acceptors (Lipinski definition) is 4. The van der Waals surface area contributed by atoms with Gasteiger partial charge >= 0.3 is 5.97 Å². The lowest BCUT2D eigenvalue weighted by atomic mass is 9.88. The van der Waals surface area contributed by atoms with Crippen molar-refractivity contribution in [1.82, 2.24) is 9.78 Å². The van der Waals surface area contributed by atoms with E-state index in [9.17, 15) is 9.59 Å². The smallest absolute Gasteiger partial charge is 0.330 e. The van der Waals surface area contributed by atoms with Crippen LogP contribution in [-0.4, -0.2) is 28.8 Å². The molecular formula is C32H33N3O3. The van der Waals surface area contributed by atoms with Crippen LogP contribution in [0.1, 0.15) is 43.2 Å². The standard InChI is InChI=1S/C32H33N3O3/c1-34-30-17-16-27(20-28(30)21-33-34)25-14-11-24(12-15-25)22-35(32(37)26-8-4-3-5-9-26)29-10-6-7-23(19-29)13-18-31(36)38-2/h6-7,10-21,26H,3-5,8-9,22H2,1-2H3. The van der Waals surface area contributed by atoms with E-state index in [-0.39, 0.29) is 11.8 Å². The van der Waals surface area contributed by atoms with Crippen molar-refractivity contribution in [2.45, 2.75) is 38.6 Å². The second-order valence-electron chi connectivity index (χ2n) is 9.95. The SMILES string of the molecule is COC(=O)C=Cc1cccc(N(Cc2ccc(-c3ccc4c(cnn4C)c3)cc2)C(=O)C2CCCCC2)c1. The molecule has 1 saturated carbocycles. The molecule has 194 valence electrons. The Hall–Kier alpha value is -4.19. The minimum Gasteiger partial charge on any atom is -0.466 e. The van der Waals surface area contributed by atoms with Crippen LogP contribution in [-0.2, 0) is 27.9 Å². The number of benzene rings is 3. The number of fused-ring (bicyclic) bond motifs is 1. The number of esters is 1. The zero-order valence-electron chi connectivity index (χ0n) is 22.0. The predicted octanol–water partition coefficient (Wildman–Crippen LogP) is 6.54. The van der Waals surface area contributed by atoms with Crippen molar-refractivity contribution in [2.75, 3.05) is 12.0 Å². The van der Waals surface area contributed by atoms with Crippen molar-refractivity contribution in [1.29, 1.82) is 0 Å². The number of nitrogens with zero attached hydrogens (tertiary/aromatic N) is 3. The lowest BCUT2D eigenvalue weighted by Gasteiger charge is -2.30. The van der Waals surface area contributed by atoms with Gasteiger partial charge in [-0.05, 0) is 65.4 Å². The lowest BCUT2D eigenvalue weighted by molar-refractivity contribution is -0.134. The molecule has 1 aliphatic rings. The minimum atomic E-state index is -0.409. The zero-order chi connectivity index (χ0) is 26.5. The van der Waals surface area contributed by atoms with Crippen LogP contribution >= 0.6 is 0 Å². The molecule has 0 radical (unpaired) electrons. The van der Waals surface area contributed by atoms with E-state index in [1.54, 1.807) is 6.08 Å². The van der Waals surface area contributed by atoms with Crippen molar-refractivity contribution in [3.8, 4) is 11.1 Å². The lowest BCUT2D eigenvalue weighted by Crippen LogP contribution is -2.36. The Morgan fingerprint density at radius 3 is 2.53 bits per heavy atom. The van der Waals surface area contributed by atoms with Gasteiger partial charge in [-0.2, -0.15) is 5.10 Å². The summed E-state index contributed by atoms with van der Waals surface area (Å²) in [6.45, 7) is 0.488. The van der Waals surface area contributed by atoms with Crippen LogP contribution in [0.25, 0.3) is 28.1 Å². The number of anilines is 1. The molecule has 1 aliphatic carbocycles. The Labute approximate surface area is 223 Å². The van der Waals surface area contributed by atoms with Gasteiger partial charge in [-0.1, -0.05) is 61.7 Å². The van der Waals surface area contributed by atoms with Gasteiger partial charge in [0.1, 0.15) is 0 Å². The van der Waals surface area contributed by atoms with Crippen molar-refractivity contribution in [3.63, 3.8) is 0 Å². The van der Waals surface area contributed by atoms with E-state index in [4.69, 9.17) is 4.74 Å². The highest BCUT2D eigenvalue weighted by Gasteiger charge is 2.27. The van der Waals surface area contributed by atoms with Gasteiger partial charge in [0.15, 0.2) is 0 Å². The highest BCUT2D eigenvalue weighted by Crippen LogP contribution is 2.30. The molecule has 5 rings (SSSR count). The van der Waals surface area contributed by atoms with Crippen LogP contribution in [0.5, 0.6) is 0 Å². The Kier molecular flexibility index (Phi) is 7.68. The first-order valence-electron chi connectivity index (χ1n) is 13.2. The minimum absolute atomic E-state index is 0.0449. The number of hydrogen-bond donors (Lipinski definition) is 0. The zero-order valence-corrected chi connectivity index (χ0v) is 22.0. The van der Waals surface area contributed by atoms with E-state index >= 15 is 0 Å². The molecule has 0 bridgehead atoms. The molecular weight excluding hydrogens is 474 g/mol. The first-order valence-corrected chi connectivity index (χ1v) is 13.2. The number of carbonyl (C=O) groups is 2. The molecule has 0 spiro atoms. The maximum absolute atomic E-state index is 13.8. The molecule has 0 atom stereocenters. The van der Waals surface area contributed by atoms with Crippen molar-refractivity contribution < 1.29 is 14.3 Å². The highest BCUT2D eigenvalue weighted by atomic mass is 16.5. The molecule has 0 saturated heterocycles. The number of rotatable bonds is 7. The monoisotopic (exact) mass is 507 g/mol. The van der Waals surface area contributed by atoms with Gasteiger partial charge in [0, 0.05) is 30.1 Å². The molecule has 1 aromatic heterocycles. The van der Waals surface area contributed by atoms with Crippen LogP contribution < -0.4 is 4.90 Å². The third kappa shape index (κ3) is 5.70. The number of methoxy groups -OCH3 is 1. The third-order valence-corrected chi connectivity index (χ3v) is 7.39. The summed E-state index contributed by atoms with van der Waals surface area (Å²) >= 11 is 0. The summed E-state index contributed by atoms with van der Waals surface area (Å²) in [5.41, 5.74) is 6.10. The Bertz CT molecular complexity index is 1460. The third-order valence-electron chi connectivity index (χ3n) is 7.39. The maximum atomic E-state index is 13.8. The van der Waals surface area contributed by atoms with Crippen molar-refractivity contribution >= 4 is 34.5 Å². The topological polar surface area (TPSA) is 64.4 Å². The molecule has 1 heterocycles. The van der Waals surface area contributed by atoms with Crippen molar-refractivity contribution in [3.05, 3.63) is 90.1 Å². The molecule has 0 unspecified atom stereocenters. The van der Waals surface area contributed by atoms with Gasteiger partial charge < -0.3 is 9.64 Å². The fraction of sp³-hybridized carbons (Fsp3) is 0.281. The van der Waals surface area contributed by atoms with Crippen LogP contribution in [0.3, 0.4) is 0 Å². The van der Waals surface area contributed by atoms with Gasteiger partial charge in [-0.25, -0.2) is 4.79 Å². The van der Waals surface area contributed by atoms with Crippen LogP contribution in [0, 0.1) is 5.92 Å². The second-order valence-corrected chi connectivity index (χ2v) is 9.95. The Balaban J connectivity index is 1.41. The number of aryl methyl sites for hydroxylation is 1. The molecule has 6 heteroatoms. The quantitative estimate of drug-likeness (QED) is 0.210. The van der Waals surface area contributed by atoms with Crippen LogP contribution in [0.15, 0.2) is 79.0 Å². The summed E-state index contributed by atoms with van der Waals surface area (Å²) in [5, 5.41) is 5.45. The molecule has 38 heavy (non-hydrogen) atoms. The van der Waals surface area contributed by atoms with E-state index in [1.165, 1.54) is 19.6 Å². The van der Waals surface area contributed by atoms with Crippen LogP contribution in [0.2, 0.25) is 0 Å². The van der Waals surface area contributed by atoms with Gasteiger partial charge in [-0.3, -0.25) is 9.48 Å². The molecule has 0 aliphatic heterocycles. The number of aromatic nitrogens is 2. The highest BCUT2D eigenvalue weighted by molar-refractivity contribution is 5.95. The number of amides is 1. The molecule has 3 aromatic carbocycles.